The molecule has 0 spiro atoms. The number of rotatable bonds is 2. The summed E-state index contributed by atoms with van der Waals surface area (Å²) in [6.45, 7) is 2.04. The molecule has 0 bridgehead atoms. The molecular weight excluding hydrogens is 290 g/mol. The maximum absolute atomic E-state index is 8.83. The molecule has 2 aromatic rings. The molecule has 0 fully saturated rings. The van der Waals surface area contributed by atoms with Gasteiger partial charge in [0.15, 0.2) is 0 Å². The van der Waals surface area contributed by atoms with Crippen molar-refractivity contribution in [3.05, 3.63) is 29.8 Å². The number of nitrogens with zero attached hydrogens (tertiary/aromatic N) is 1. The van der Waals surface area contributed by atoms with Crippen LogP contribution in [0, 0.1) is 17.2 Å². The van der Waals surface area contributed by atoms with E-state index in [4.69, 9.17) is 28.1 Å². The molecule has 20 heavy (non-hydrogen) atoms. The second kappa shape index (κ2) is 6.69. The van der Waals surface area contributed by atoms with Crippen molar-refractivity contribution in [2.24, 2.45) is 0 Å². The number of ether oxygens (including phenoxy) is 2. The van der Waals surface area contributed by atoms with Crippen LogP contribution in [-0.2, 0) is 0 Å². The number of aromatic nitrogens is 1. The number of hydrogen-bond acceptors (Lipinski definition) is 7. The molecule has 0 amide bonds. The van der Waals surface area contributed by atoms with E-state index in [0.29, 0.717) is 5.88 Å². The van der Waals surface area contributed by atoms with E-state index in [1.54, 1.807) is 14.2 Å². The first-order valence-electron chi connectivity index (χ1n) is 5.40. The summed E-state index contributed by atoms with van der Waals surface area (Å²) in [7, 11) is -0.929. The van der Waals surface area contributed by atoms with Gasteiger partial charge in [0, 0.05) is 17.5 Å². The SMILES string of the molecule is COc1ccc2c(C)cc(OC)nc2c1.[O-][Cl+](O)(O)O. The third-order valence-corrected chi connectivity index (χ3v) is 2.41. The first kappa shape index (κ1) is 16.4. The van der Waals surface area contributed by atoms with Gasteiger partial charge in [-0.25, -0.2) is 4.98 Å². The van der Waals surface area contributed by atoms with Crippen molar-refractivity contribution in [2.75, 3.05) is 14.2 Å². The summed E-state index contributed by atoms with van der Waals surface area (Å²) in [6, 6.07) is 7.78. The van der Waals surface area contributed by atoms with Gasteiger partial charge >= 0.3 is 28.9 Å². The molecule has 7 nitrogen and oxygen atoms in total. The zero-order chi connectivity index (χ0) is 15.3. The Morgan fingerprint density at radius 1 is 1.10 bits per heavy atom. The molecule has 3 N–H and O–H groups in total. The Kier molecular flexibility index (Phi) is 5.49. The average Bonchev–Trinajstić information content (AvgIpc) is 2.35. The Morgan fingerprint density at radius 3 is 2.20 bits per heavy atom. The minimum atomic E-state index is -4.19. The van der Waals surface area contributed by atoms with Crippen molar-refractivity contribution in [1.29, 1.82) is 0 Å². The molecule has 0 radical (unpaired) electrons. The molecule has 0 saturated carbocycles. The van der Waals surface area contributed by atoms with Crippen molar-refractivity contribution >= 4 is 10.9 Å². The van der Waals surface area contributed by atoms with Crippen LogP contribution in [0.25, 0.3) is 10.9 Å². The Balaban J connectivity index is 0.000000347. The molecule has 0 aliphatic carbocycles. The summed E-state index contributed by atoms with van der Waals surface area (Å²) in [5.74, 6) is 1.44. The molecule has 0 aliphatic heterocycles. The van der Waals surface area contributed by atoms with Crippen LogP contribution in [0.1, 0.15) is 5.56 Å². The van der Waals surface area contributed by atoms with Gasteiger partial charge in [-0.1, -0.05) is 0 Å². The van der Waals surface area contributed by atoms with Crippen molar-refractivity contribution in [3.8, 4) is 11.6 Å². The van der Waals surface area contributed by atoms with Crippen molar-refractivity contribution in [2.45, 2.75) is 6.92 Å². The van der Waals surface area contributed by atoms with Crippen LogP contribution in [0.2, 0.25) is 0 Å². The number of pyridine rings is 1. The summed E-state index contributed by atoms with van der Waals surface area (Å²) in [5.41, 5.74) is 2.05. The van der Waals surface area contributed by atoms with Crippen LogP contribution in [0.5, 0.6) is 11.6 Å². The summed E-state index contributed by atoms with van der Waals surface area (Å²) in [5, 5.41) is 1.12. The van der Waals surface area contributed by atoms with Crippen LogP contribution in [0.4, 0.5) is 0 Å². The zero-order valence-corrected chi connectivity index (χ0v) is 12.0. The van der Waals surface area contributed by atoms with Gasteiger partial charge in [0.05, 0.1) is 19.7 Å². The molecule has 112 valence electrons. The van der Waals surface area contributed by atoms with Gasteiger partial charge in [0.2, 0.25) is 5.88 Å². The molecule has 1 aromatic carbocycles. The second-order valence-corrected chi connectivity index (χ2v) is 4.67. The van der Waals surface area contributed by atoms with Crippen molar-refractivity contribution in [3.63, 3.8) is 0 Å². The molecule has 0 aliphatic rings. The zero-order valence-electron chi connectivity index (χ0n) is 11.2. The number of benzene rings is 1. The number of halogens is 1. The topological polar surface area (TPSA) is 115 Å². The molecule has 0 atom stereocenters. The molecule has 1 heterocycles. The number of hydrogen-bond donors (Lipinski definition) is 3. The van der Waals surface area contributed by atoms with Crippen LogP contribution in [0.3, 0.4) is 0 Å². The molecule has 0 saturated heterocycles. The normalized spacial score (nSPS) is 11.6. The van der Waals surface area contributed by atoms with Gasteiger partial charge in [-0.2, -0.15) is 0 Å². The Labute approximate surface area is 117 Å². The van der Waals surface area contributed by atoms with Gasteiger partial charge in [0.1, 0.15) is 5.75 Å². The minimum absolute atomic E-state index is 0.633. The molecular formula is C12H16ClNO6. The number of aryl methyl sites for hydroxylation is 1. The third-order valence-electron chi connectivity index (χ3n) is 2.41. The van der Waals surface area contributed by atoms with Crippen molar-refractivity contribution in [1.82, 2.24) is 4.98 Å². The van der Waals surface area contributed by atoms with Crippen molar-refractivity contribution < 1.29 is 38.4 Å². The fraction of sp³-hybridized carbons (Fsp3) is 0.250. The summed E-state index contributed by atoms with van der Waals surface area (Å²) in [4.78, 5) is 4.36. The second-order valence-electron chi connectivity index (χ2n) is 3.80. The van der Waals surface area contributed by atoms with E-state index < -0.39 is 10.2 Å². The summed E-state index contributed by atoms with van der Waals surface area (Å²) < 4.78 is 40.5. The van der Waals surface area contributed by atoms with Crippen LogP contribution < -0.4 is 14.1 Å². The fourth-order valence-corrected chi connectivity index (χ4v) is 1.58. The van der Waals surface area contributed by atoms with E-state index in [1.165, 1.54) is 0 Å². The predicted octanol–water partition coefficient (Wildman–Crippen LogP) is -0.300. The predicted molar refractivity (Wildman–Crippen MR) is 66.2 cm³/mol. The van der Waals surface area contributed by atoms with Gasteiger partial charge in [-0.15, -0.1) is 0 Å². The average molecular weight is 306 g/mol. The number of methoxy groups -OCH3 is 2. The van der Waals surface area contributed by atoms with E-state index in [0.717, 1.165) is 22.2 Å². The van der Waals surface area contributed by atoms with E-state index in [-0.39, 0.29) is 0 Å². The molecule has 0 unspecified atom stereocenters. The van der Waals surface area contributed by atoms with Crippen LogP contribution in [0.15, 0.2) is 24.3 Å². The molecule has 1 aromatic heterocycles. The van der Waals surface area contributed by atoms with Crippen LogP contribution >= 0.6 is 0 Å². The van der Waals surface area contributed by atoms with Crippen LogP contribution in [-0.4, -0.2) is 33.2 Å². The third kappa shape index (κ3) is 5.16. The fourth-order valence-electron chi connectivity index (χ4n) is 1.58. The Bertz CT molecular complexity index is 573. The number of fused-ring (bicyclic) bond motifs is 1. The maximum atomic E-state index is 8.83. The van der Waals surface area contributed by atoms with E-state index in [1.807, 2.05) is 31.2 Å². The quantitative estimate of drug-likeness (QED) is 0.697. The first-order chi connectivity index (χ1) is 9.24. The van der Waals surface area contributed by atoms with E-state index >= 15 is 0 Å². The monoisotopic (exact) mass is 305 g/mol. The standard InChI is InChI=1S/C12H13NO2.ClH3O4/c1-8-6-12(15-3)13-11-7-9(14-2)4-5-10(8)11;2-1(3,4)5/h4-7H,1-3H3;2-4H. The summed E-state index contributed by atoms with van der Waals surface area (Å²) in [6.07, 6.45) is 0. The van der Waals surface area contributed by atoms with E-state index in [9.17, 15) is 0 Å². The van der Waals surface area contributed by atoms with Gasteiger partial charge < -0.3 is 9.47 Å². The molecule has 2 rings (SSSR count). The van der Waals surface area contributed by atoms with Gasteiger partial charge in [-0.05, 0) is 24.6 Å². The first-order valence-corrected chi connectivity index (χ1v) is 6.72. The molecule has 8 heteroatoms. The van der Waals surface area contributed by atoms with Gasteiger partial charge in [0.25, 0.3) is 0 Å². The van der Waals surface area contributed by atoms with Gasteiger partial charge in [-0.3, -0.25) is 0 Å². The van der Waals surface area contributed by atoms with E-state index in [2.05, 4.69) is 4.98 Å². The Morgan fingerprint density at radius 2 is 1.70 bits per heavy atom. The summed E-state index contributed by atoms with van der Waals surface area (Å²) >= 11 is 0. The Hall–Kier alpha value is -1.64.